The minimum atomic E-state index is -0.594. The molecule has 0 spiro atoms. The lowest BCUT2D eigenvalue weighted by atomic mass is 9.49. The van der Waals surface area contributed by atoms with Crippen molar-refractivity contribution in [2.45, 2.75) is 103 Å². The number of piperidine rings is 2. The number of halogens is 1. The number of nitrogens with one attached hydrogen (secondary N) is 2. The molecule has 4 heterocycles. The number of aryl methyl sites for hydroxylation is 1. The Hall–Kier alpha value is -4.79. The highest BCUT2D eigenvalue weighted by atomic mass is 35.5. The summed E-state index contributed by atoms with van der Waals surface area (Å²) in [5.41, 5.74) is 4.08. The van der Waals surface area contributed by atoms with Gasteiger partial charge in [-0.3, -0.25) is 29.5 Å². The smallest absolute Gasteiger partial charge is 0.255 e. The number of carbonyl (C=O) groups excluding carboxylic acids is 4. The fourth-order valence-electron chi connectivity index (χ4n) is 9.50. The standard InChI is InChI=1S/C43H49ClN6O5/c1-42(2)40(43(3,4)41(42)55-32-12-9-28(23-45)34(44)22-32)48-37(52)29-8-11-31(46-24-29)7-5-6-18-49-19-16-26(17-20-49)27-10-13-33-30(21-27)25-50(39(33)54)35-14-15-36(51)47-38(35)53/h8-13,21-22,24,26,35,40-41H,5-7,14-20,25H2,1-4H3,(H,48,52)(H,47,51,53). The first-order valence-electron chi connectivity index (χ1n) is 19.4. The molecule has 4 amide bonds. The molecule has 1 atom stereocenters. The average molecular weight is 765 g/mol. The number of hydrogen-bond acceptors (Lipinski definition) is 8. The van der Waals surface area contributed by atoms with Gasteiger partial charge in [0.15, 0.2) is 0 Å². The zero-order chi connectivity index (χ0) is 39.1. The Balaban J connectivity index is 0.831. The van der Waals surface area contributed by atoms with Gasteiger partial charge in [0.2, 0.25) is 11.8 Å². The van der Waals surface area contributed by atoms with Gasteiger partial charge in [0.1, 0.15) is 24.0 Å². The summed E-state index contributed by atoms with van der Waals surface area (Å²) in [5, 5.41) is 15.2. The van der Waals surface area contributed by atoms with Crippen molar-refractivity contribution in [2.24, 2.45) is 10.8 Å². The molecule has 2 N–H and O–H groups in total. The van der Waals surface area contributed by atoms with E-state index in [2.05, 4.69) is 66.4 Å². The number of nitriles is 1. The van der Waals surface area contributed by atoms with Crippen molar-refractivity contribution in [3.8, 4) is 11.8 Å². The maximum Gasteiger partial charge on any atom is 0.255 e. The van der Waals surface area contributed by atoms with Crippen LogP contribution in [0.2, 0.25) is 5.02 Å². The molecule has 288 valence electrons. The van der Waals surface area contributed by atoms with E-state index in [-0.39, 0.29) is 53.0 Å². The summed E-state index contributed by atoms with van der Waals surface area (Å²) in [7, 11) is 0. The molecule has 7 rings (SSSR count). The molecule has 3 aliphatic heterocycles. The molecular formula is C43H49ClN6O5. The largest absolute Gasteiger partial charge is 0.489 e. The van der Waals surface area contributed by atoms with E-state index < -0.39 is 6.04 Å². The predicted octanol–water partition coefficient (Wildman–Crippen LogP) is 6.18. The molecule has 1 aliphatic carbocycles. The maximum atomic E-state index is 13.3. The number of carbonyl (C=O) groups is 4. The number of benzene rings is 2. The number of likely N-dealkylation sites (tertiary alicyclic amines) is 1. The number of rotatable bonds is 11. The van der Waals surface area contributed by atoms with Gasteiger partial charge in [-0.25, -0.2) is 0 Å². The first kappa shape index (κ1) is 38.5. The SMILES string of the molecule is CC1(C)C(NC(=O)c2ccc(CCCCN3CCC(c4ccc5c(c4)CN(C4CCC(=O)NC4=O)C5=O)CC3)nc2)C(C)(C)C1Oc1ccc(C#N)c(Cl)c1. The molecule has 3 aromatic rings. The van der Waals surface area contributed by atoms with E-state index in [4.69, 9.17) is 16.3 Å². The molecule has 11 nitrogen and oxygen atoms in total. The zero-order valence-electron chi connectivity index (χ0n) is 32.0. The monoisotopic (exact) mass is 764 g/mol. The lowest BCUT2D eigenvalue weighted by Gasteiger charge is -2.63. The van der Waals surface area contributed by atoms with Gasteiger partial charge in [0, 0.05) is 53.4 Å². The van der Waals surface area contributed by atoms with Crippen molar-refractivity contribution in [1.82, 2.24) is 25.4 Å². The van der Waals surface area contributed by atoms with E-state index in [0.29, 0.717) is 46.3 Å². The van der Waals surface area contributed by atoms with Gasteiger partial charge in [0.05, 0.1) is 16.1 Å². The topological polar surface area (TPSA) is 145 Å². The van der Waals surface area contributed by atoms with E-state index in [1.807, 2.05) is 18.2 Å². The van der Waals surface area contributed by atoms with Crippen LogP contribution >= 0.6 is 11.6 Å². The lowest BCUT2D eigenvalue weighted by molar-refractivity contribution is -0.164. The number of nitrogens with zero attached hydrogens (tertiary/aromatic N) is 4. The van der Waals surface area contributed by atoms with E-state index in [1.54, 1.807) is 29.3 Å². The quantitative estimate of drug-likeness (QED) is 0.174. The summed E-state index contributed by atoms with van der Waals surface area (Å²) in [6.45, 7) is 11.8. The second-order valence-corrected chi connectivity index (χ2v) is 17.1. The molecule has 55 heavy (non-hydrogen) atoms. The van der Waals surface area contributed by atoms with Crippen LogP contribution in [0.3, 0.4) is 0 Å². The Morgan fingerprint density at radius 3 is 2.45 bits per heavy atom. The van der Waals surface area contributed by atoms with Gasteiger partial charge >= 0.3 is 0 Å². The second kappa shape index (κ2) is 15.4. The molecule has 4 aliphatic rings. The van der Waals surface area contributed by atoms with Crippen LogP contribution in [0.25, 0.3) is 0 Å². The minimum absolute atomic E-state index is 0.130. The van der Waals surface area contributed by atoms with Gasteiger partial charge in [-0.05, 0) is 106 Å². The van der Waals surface area contributed by atoms with Crippen molar-refractivity contribution in [3.05, 3.63) is 93.3 Å². The highest BCUT2D eigenvalue weighted by Gasteiger charge is 2.64. The Kier molecular flexibility index (Phi) is 10.8. The second-order valence-electron chi connectivity index (χ2n) is 16.7. The first-order valence-corrected chi connectivity index (χ1v) is 19.8. The zero-order valence-corrected chi connectivity index (χ0v) is 32.7. The number of imide groups is 1. The highest BCUT2D eigenvalue weighted by molar-refractivity contribution is 6.31. The summed E-state index contributed by atoms with van der Waals surface area (Å²) in [4.78, 5) is 59.2. The normalized spacial score (nSPS) is 23.4. The maximum absolute atomic E-state index is 13.3. The number of pyridine rings is 1. The van der Waals surface area contributed by atoms with Crippen molar-refractivity contribution in [3.63, 3.8) is 0 Å². The first-order chi connectivity index (χ1) is 26.3. The third-order valence-corrected chi connectivity index (χ3v) is 12.6. The number of ether oxygens (including phenoxy) is 1. The van der Waals surface area contributed by atoms with E-state index >= 15 is 0 Å². The van der Waals surface area contributed by atoms with Crippen LogP contribution in [0.1, 0.15) is 115 Å². The summed E-state index contributed by atoms with van der Waals surface area (Å²) in [6.07, 6.45) is 7.16. The number of hydrogen-bond donors (Lipinski definition) is 2. The lowest BCUT2D eigenvalue weighted by Crippen LogP contribution is -2.74. The Labute approximate surface area is 327 Å². The number of unbranched alkanes of at least 4 members (excludes halogenated alkanes) is 1. The van der Waals surface area contributed by atoms with Gasteiger partial charge in [0.25, 0.3) is 11.8 Å². The Morgan fingerprint density at radius 2 is 1.78 bits per heavy atom. The van der Waals surface area contributed by atoms with Gasteiger partial charge in [-0.2, -0.15) is 5.26 Å². The number of amides is 4. The fourth-order valence-corrected chi connectivity index (χ4v) is 9.71. The van der Waals surface area contributed by atoms with Crippen LogP contribution < -0.4 is 15.4 Å². The van der Waals surface area contributed by atoms with E-state index in [0.717, 1.165) is 63.0 Å². The predicted molar refractivity (Wildman–Crippen MR) is 207 cm³/mol. The van der Waals surface area contributed by atoms with Crippen LogP contribution in [0, 0.1) is 22.2 Å². The van der Waals surface area contributed by atoms with Crippen LogP contribution in [0.5, 0.6) is 5.75 Å². The van der Waals surface area contributed by atoms with Crippen molar-refractivity contribution < 1.29 is 23.9 Å². The van der Waals surface area contributed by atoms with E-state index in [9.17, 15) is 24.4 Å². The molecular weight excluding hydrogens is 716 g/mol. The third-order valence-electron chi connectivity index (χ3n) is 12.3. The third kappa shape index (κ3) is 7.72. The number of aromatic nitrogens is 1. The Morgan fingerprint density at radius 1 is 1.02 bits per heavy atom. The minimum Gasteiger partial charge on any atom is -0.489 e. The van der Waals surface area contributed by atoms with Crippen LogP contribution in [0.4, 0.5) is 0 Å². The summed E-state index contributed by atoms with van der Waals surface area (Å²) >= 11 is 6.23. The summed E-state index contributed by atoms with van der Waals surface area (Å²) in [5.74, 6) is 0.0857. The molecule has 0 bridgehead atoms. The van der Waals surface area contributed by atoms with Crippen LogP contribution in [-0.2, 0) is 22.6 Å². The molecule has 1 saturated carbocycles. The Bertz CT molecular complexity index is 2020. The average Bonchev–Trinajstić information content (AvgIpc) is 3.49. The van der Waals surface area contributed by atoms with Gasteiger partial charge in [-0.1, -0.05) is 51.4 Å². The molecule has 3 fully saturated rings. The summed E-state index contributed by atoms with van der Waals surface area (Å²) in [6, 6.07) is 16.4. The molecule has 1 unspecified atom stereocenters. The summed E-state index contributed by atoms with van der Waals surface area (Å²) < 4.78 is 6.36. The van der Waals surface area contributed by atoms with Gasteiger partial charge < -0.3 is 19.9 Å². The molecule has 2 saturated heterocycles. The fraction of sp³-hybridized carbons (Fsp3) is 0.488. The highest BCUT2D eigenvalue weighted by Crippen LogP contribution is 2.55. The van der Waals surface area contributed by atoms with Crippen molar-refractivity contribution in [1.29, 1.82) is 5.26 Å². The van der Waals surface area contributed by atoms with Crippen LogP contribution in [0.15, 0.2) is 54.7 Å². The molecule has 0 radical (unpaired) electrons. The molecule has 1 aromatic heterocycles. The van der Waals surface area contributed by atoms with Gasteiger partial charge in [-0.15, -0.1) is 0 Å². The number of fused-ring (bicyclic) bond motifs is 1. The molecule has 2 aromatic carbocycles. The van der Waals surface area contributed by atoms with Crippen molar-refractivity contribution in [2.75, 3.05) is 19.6 Å². The van der Waals surface area contributed by atoms with Crippen LogP contribution in [-0.4, -0.2) is 76.2 Å². The van der Waals surface area contributed by atoms with Crippen molar-refractivity contribution >= 4 is 35.2 Å². The molecule has 12 heteroatoms. The van der Waals surface area contributed by atoms with E-state index in [1.165, 1.54) is 5.56 Å².